The monoisotopic (exact) mass is 352 g/mol. The van der Waals surface area contributed by atoms with Crippen LogP contribution in [0, 0.1) is 0 Å². The van der Waals surface area contributed by atoms with E-state index < -0.39 is 10.0 Å². The summed E-state index contributed by atoms with van der Waals surface area (Å²) in [4.78, 5) is 10.4. The van der Waals surface area contributed by atoms with Crippen LogP contribution < -0.4 is 10.2 Å². The average molecular weight is 352 g/mol. The molecule has 0 saturated carbocycles. The third kappa shape index (κ3) is 3.49. The third-order valence-electron chi connectivity index (χ3n) is 3.96. The van der Waals surface area contributed by atoms with Crippen LogP contribution in [0.1, 0.15) is 12.8 Å². The van der Waals surface area contributed by atoms with Crippen molar-refractivity contribution in [3.8, 4) is 0 Å². The van der Waals surface area contributed by atoms with Gasteiger partial charge >= 0.3 is 0 Å². The molecule has 1 aliphatic heterocycles. The molecule has 0 unspecified atom stereocenters. The summed E-state index contributed by atoms with van der Waals surface area (Å²) in [5.41, 5.74) is 0. The van der Waals surface area contributed by atoms with E-state index in [9.17, 15) is 8.42 Å². The van der Waals surface area contributed by atoms with Crippen molar-refractivity contribution >= 4 is 21.7 Å². The fourth-order valence-corrected chi connectivity index (χ4v) is 3.92. The molecule has 0 amide bonds. The Morgan fingerprint density at radius 1 is 1.29 bits per heavy atom. The van der Waals surface area contributed by atoms with Crippen molar-refractivity contribution in [2.75, 3.05) is 37.4 Å². The Morgan fingerprint density at radius 3 is 2.67 bits per heavy atom. The summed E-state index contributed by atoms with van der Waals surface area (Å²) in [7, 11) is 0.318. The molecule has 3 heterocycles. The molecule has 0 atom stereocenters. The average Bonchev–Trinajstić information content (AvgIpc) is 3.11. The van der Waals surface area contributed by atoms with Crippen LogP contribution in [0.15, 0.2) is 34.3 Å². The van der Waals surface area contributed by atoms with Gasteiger partial charge in [-0.15, -0.1) is 0 Å². The van der Waals surface area contributed by atoms with Crippen LogP contribution in [0.25, 0.3) is 0 Å². The molecule has 0 radical (unpaired) electrons. The van der Waals surface area contributed by atoms with Crippen molar-refractivity contribution in [1.29, 1.82) is 0 Å². The summed E-state index contributed by atoms with van der Waals surface area (Å²) < 4.78 is 30.9. The van der Waals surface area contributed by atoms with Crippen LogP contribution in [-0.4, -0.2) is 61.1 Å². The van der Waals surface area contributed by atoms with Gasteiger partial charge in [-0.25, -0.2) is 18.4 Å². The van der Waals surface area contributed by atoms with Gasteiger partial charge in [0.1, 0.15) is 29.1 Å². The molecule has 1 aliphatic rings. The summed E-state index contributed by atoms with van der Waals surface area (Å²) >= 11 is 0. The summed E-state index contributed by atoms with van der Waals surface area (Å²) in [5.74, 6) is 1.56. The molecule has 10 heteroatoms. The van der Waals surface area contributed by atoms with Crippen LogP contribution in [0.5, 0.6) is 0 Å². The summed E-state index contributed by atoms with van der Waals surface area (Å²) in [6.07, 6.45) is 5.30. The van der Waals surface area contributed by atoms with Gasteiger partial charge in [-0.1, -0.05) is 5.16 Å². The zero-order valence-corrected chi connectivity index (χ0v) is 14.4. The van der Waals surface area contributed by atoms with Crippen LogP contribution in [0.2, 0.25) is 0 Å². The van der Waals surface area contributed by atoms with Gasteiger partial charge in [0.05, 0.1) is 6.20 Å². The van der Waals surface area contributed by atoms with E-state index in [0.29, 0.717) is 25.9 Å². The Labute approximate surface area is 140 Å². The number of anilines is 2. The summed E-state index contributed by atoms with van der Waals surface area (Å²) in [6, 6.07) is 2.05. The Bertz CT molecular complexity index is 770. The second-order valence-electron chi connectivity index (χ2n) is 5.84. The molecule has 0 aliphatic carbocycles. The predicted octanol–water partition coefficient (Wildman–Crippen LogP) is 0.796. The summed E-state index contributed by atoms with van der Waals surface area (Å²) in [6.45, 7) is 0.883. The van der Waals surface area contributed by atoms with Gasteiger partial charge in [0, 0.05) is 39.3 Å². The van der Waals surface area contributed by atoms with Crippen molar-refractivity contribution in [2.24, 2.45) is 0 Å². The lowest BCUT2D eigenvalue weighted by Crippen LogP contribution is -2.42. The fourth-order valence-electron chi connectivity index (χ4n) is 2.59. The van der Waals surface area contributed by atoms with E-state index in [1.165, 1.54) is 16.8 Å². The smallest absolute Gasteiger partial charge is 0.247 e. The maximum absolute atomic E-state index is 12.4. The van der Waals surface area contributed by atoms with Gasteiger partial charge in [0.2, 0.25) is 10.0 Å². The van der Waals surface area contributed by atoms with Crippen molar-refractivity contribution in [2.45, 2.75) is 23.8 Å². The van der Waals surface area contributed by atoms with Crippen molar-refractivity contribution in [1.82, 2.24) is 19.4 Å². The van der Waals surface area contributed by atoms with E-state index in [-0.39, 0.29) is 10.9 Å². The van der Waals surface area contributed by atoms with Crippen LogP contribution in [0.3, 0.4) is 0 Å². The highest BCUT2D eigenvalue weighted by Crippen LogP contribution is 2.22. The van der Waals surface area contributed by atoms with E-state index in [0.717, 1.165) is 17.9 Å². The van der Waals surface area contributed by atoms with E-state index >= 15 is 0 Å². The van der Waals surface area contributed by atoms with Crippen molar-refractivity contribution in [3.63, 3.8) is 0 Å². The molecule has 24 heavy (non-hydrogen) atoms. The largest absolute Gasteiger partial charge is 0.367 e. The minimum absolute atomic E-state index is 0.0975. The Balaban J connectivity index is 1.61. The predicted molar refractivity (Wildman–Crippen MR) is 88.3 cm³/mol. The molecule has 3 rings (SSSR count). The molecule has 2 aromatic heterocycles. The maximum Gasteiger partial charge on any atom is 0.247 e. The first-order valence-electron chi connectivity index (χ1n) is 7.62. The number of nitrogens with one attached hydrogen (secondary N) is 1. The number of aromatic nitrogens is 3. The standard InChI is InChI=1S/C14H20N6O3S/c1-19(2)14-7-13(15-10-16-14)18-11-3-5-20(6-4-11)24(21,22)12-8-17-23-9-12/h7-11H,3-6H2,1-2H3,(H,15,16,18). The van der Waals surface area contributed by atoms with Gasteiger partial charge in [-0.3, -0.25) is 0 Å². The van der Waals surface area contributed by atoms with Gasteiger partial charge < -0.3 is 14.7 Å². The molecular weight excluding hydrogens is 332 g/mol. The first kappa shape index (κ1) is 16.7. The first-order valence-corrected chi connectivity index (χ1v) is 9.06. The Kier molecular flexibility index (Phi) is 4.67. The normalized spacial score (nSPS) is 16.9. The molecule has 0 spiro atoms. The highest BCUT2D eigenvalue weighted by molar-refractivity contribution is 7.89. The van der Waals surface area contributed by atoms with Crippen molar-refractivity contribution in [3.05, 3.63) is 24.9 Å². The molecule has 130 valence electrons. The van der Waals surface area contributed by atoms with E-state index in [1.807, 2.05) is 25.1 Å². The minimum atomic E-state index is -3.52. The molecular formula is C14H20N6O3S. The number of piperidine rings is 1. The van der Waals surface area contributed by atoms with Crippen LogP contribution in [-0.2, 0) is 10.0 Å². The zero-order valence-electron chi connectivity index (χ0n) is 13.6. The number of hydrogen-bond donors (Lipinski definition) is 1. The van der Waals surface area contributed by atoms with E-state index in [4.69, 9.17) is 0 Å². The van der Waals surface area contributed by atoms with Gasteiger partial charge in [0.25, 0.3) is 0 Å². The molecule has 1 fully saturated rings. The molecule has 0 aromatic carbocycles. The van der Waals surface area contributed by atoms with E-state index in [1.54, 1.807) is 0 Å². The quantitative estimate of drug-likeness (QED) is 0.842. The lowest BCUT2D eigenvalue weighted by molar-refractivity contribution is 0.329. The number of nitrogens with zero attached hydrogens (tertiary/aromatic N) is 5. The Hall–Kier alpha value is -2.20. The van der Waals surface area contributed by atoms with Crippen LogP contribution in [0.4, 0.5) is 11.6 Å². The summed E-state index contributed by atoms with van der Waals surface area (Å²) in [5, 5.41) is 6.82. The highest BCUT2D eigenvalue weighted by Gasteiger charge is 2.30. The van der Waals surface area contributed by atoms with E-state index in [2.05, 4.69) is 25.0 Å². The molecule has 1 saturated heterocycles. The second-order valence-corrected chi connectivity index (χ2v) is 7.78. The van der Waals surface area contributed by atoms with Gasteiger partial charge in [-0.2, -0.15) is 4.31 Å². The van der Waals surface area contributed by atoms with Gasteiger partial charge in [-0.05, 0) is 12.8 Å². The molecule has 9 nitrogen and oxygen atoms in total. The van der Waals surface area contributed by atoms with Gasteiger partial charge in [0.15, 0.2) is 0 Å². The first-order chi connectivity index (χ1) is 11.5. The lowest BCUT2D eigenvalue weighted by Gasteiger charge is -2.31. The Morgan fingerprint density at radius 2 is 2.04 bits per heavy atom. The SMILES string of the molecule is CN(C)c1cc(NC2CCN(S(=O)(=O)c3cnoc3)CC2)ncn1. The second kappa shape index (κ2) is 6.73. The highest BCUT2D eigenvalue weighted by atomic mass is 32.2. The van der Waals surface area contributed by atoms with Crippen LogP contribution >= 0.6 is 0 Å². The maximum atomic E-state index is 12.4. The molecule has 2 aromatic rings. The topological polar surface area (TPSA) is 104 Å². The third-order valence-corrected chi connectivity index (χ3v) is 5.81. The number of rotatable bonds is 5. The lowest BCUT2D eigenvalue weighted by atomic mass is 10.1. The minimum Gasteiger partial charge on any atom is -0.367 e. The number of hydrogen-bond acceptors (Lipinski definition) is 8. The number of sulfonamides is 1. The van der Waals surface area contributed by atoms with Crippen molar-refractivity contribution < 1.29 is 12.9 Å². The fraction of sp³-hybridized carbons (Fsp3) is 0.500. The molecule has 1 N–H and O–H groups in total. The zero-order chi connectivity index (χ0) is 17.2. The molecule has 0 bridgehead atoms.